The van der Waals surface area contributed by atoms with E-state index in [9.17, 15) is 18.4 Å². The summed E-state index contributed by atoms with van der Waals surface area (Å²) in [7, 11) is 0. The summed E-state index contributed by atoms with van der Waals surface area (Å²) < 4.78 is 26.4. The lowest BCUT2D eigenvalue weighted by atomic mass is 10.1. The second-order valence-electron chi connectivity index (χ2n) is 4.62. The lowest BCUT2D eigenvalue weighted by molar-refractivity contribution is -0.141. The van der Waals surface area contributed by atoms with Gasteiger partial charge in [0.2, 0.25) is 0 Å². The Morgan fingerprint density at radius 2 is 2.00 bits per heavy atom. The smallest absolute Gasteiger partial charge is 0.306 e. The number of halogens is 2. The Morgan fingerprint density at radius 3 is 2.63 bits per heavy atom. The number of nitrogens with one attached hydrogen (secondary N) is 1. The Bertz CT molecular complexity index is 519. The zero-order chi connectivity index (χ0) is 14.0. The van der Waals surface area contributed by atoms with E-state index < -0.39 is 29.4 Å². The molecule has 0 heterocycles. The van der Waals surface area contributed by atoms with E-state index in [0.717, 1.165) is 6.07 Å². The Hall–Kier alpha value is -1.98. The Labute approximate surface area is 108 Å². The van der Waals surface area contributed by atoms with E-state index in [1.165, 1.54) is 12.1 Å². The van der Waals surface area contributed by atoms with Crippen LogP contribution in [0.1, 0.15) is 29.6 Å². The third-order valence-corrected chi connectivity index (χ3v) is 3.31. The first kappa shape index (κ1) is 13.5. The normalized spacial score (nSPS) is 22.2. The molecule has 4 nitrogen and oxygen atoms in total. The quantitative estimate of drug-likeness (QED) is 0.881. The van der Waals surface area contributed by atoms with Crippen molar-refractivity contribution in [3.63, 3.8) is 0 Å². The monoisotopic (exact) mass is 269 g/mol. The molecule has 102 valence electrons. The Kier molecular flexibility index (Phi) is 3.78. The Morgan fingerprint density at radius 1 is 1.26 bits per heavy atom. The predicted octanol–water partition coefficient (Wildman–Crippen LogP) is 1.95. The lowest BCUT2D eigenvalue weighted by Crippen LogP contribution is -2.34. The van der Waals surface area contributed by atoms with E-state index in [0.29, 0.717) is 19.3 Å². The van der Waals surface area contributed by atoms with Gasteiger partial charge >= 0.3 is 5.97 Å². The summed E-state index contributed by atoms with van der Waals surface area (Å²) in [6.07, 6.45) is 1.32. The van der Waals surface area contributed by atoms with Crippen molar-refractivity contribution in [2.24, 2.45) is 5.92 Å². The molecule has 2 atom stereocenters. The highest BCUT2D eigenvalue weighted by Gasteiger charge is 2.31. The zero-order valence-corrected chi connectivity index (χ0v) is 10.0. The standard InChI is InChI=1S/C13H13F2NO3/c14-10-3-1-2-9(11(10)15)12(17)16-8-5-4-7(6-8)13(18)19/h1-3,7-8H,4-6H2,(H,16,17)(H,18,19)/t7-,8+/m1/s1. The predicted molar refractivity (Wildman–Crippen MR) is 62.6 cm³/mol. The highest BCUT2D eigenvalue weighted by atomic mass is 19.2. The van der Waals surface area contributed by atoms with Crippen LogP contribution in [0.3, 0.4) is 0 Å². The first-order chi connectivity index (χ1) is 8.99. The molecule has 1 fully saturated rings. The fourth-order valence-corrected chi connectivity index (χ4v) is 2.28. The topological polar surface area (TPSA) is 66.4 Å². The summed E-state index contributed by atoms with van der Waals surface area (Å²) >= 11 is 0. The molecule has 0 saturated heterocycles. The van der Waals surface area contributed by atoms with Gasteiger partial charge in [0, 0.05) is 6.04 Å². The van der Waals surface area contributed by atoms with Crippen LogP contribution in [0.15, 0.2) is 18.2 Å². The third kappa shape index (κ3) is 2.89. The average molecular weight is 269 g/mol. The molecule has 19 heavy (non-hydrogen) atoms. The van der Waals surface area contributed by atoms with E-state index in [2.05, 4.69) is 5.32 Å². The number of carbonyl (C=O) groups excluding carboxylic acids is 1. The largest absolute Gasteiger partial charge is 0.481 e. The van der Waals surface area contributed by atoms with E-state index in [4.69, 9.17) is 5.11 Å². The molecule has 1 aliphatic rings. The van der Waals surface area contributed by atoms with Crippen LogP contribution in [0.25, 0.3) is 0 Å². The summed E-state index contributed by atoms with van der Waals surface area (Å²) in [4.78, 5) is 22.6. The van der Waals surface area contributed by atoms with Crippen molar-refractivity contribution in [2.75, 3.05) is 0 Å². The Balaban J connectivity index is 2.02. The first-order valence-corrected chi connectivity index (χ1v) is 5.96. The fraction of sp³-hybridized carbons (Fsp3) is 0.385. The van der Waals surface area contributed by atoms with Crippen LogP contribution in [0.5, 0.6) is 0 Å². The lowest BCUT2D eigenvalue weighted by Gasteiger charge is -2.12. The number of hydrogen-bond donors (Lipinski definition) is 2. The van der Waals surface area contributed by atoms with Crippen molar-refractivity contribution in [2.45, 2.75) is 25.3 Å². The molecule has 0 spiro atoms. The van der Waals surface area contributed by atoms with Crippen LogP contribution in [-0.2, 0) is 4.79 Å². The van der Waals surface area contributed by atoms with Crippen LogP contribution in [0, 0.1) is 17.6 Å². The van der Waals surface area contributed by atoms with Gasteiger partial charge in [0.25, 0.3) is 5.91 Å². The van der Waals surface area contributed by atoms with Crippen LogP contribution in [-0.4, -0.2) is 23.0 Å². The summed E-state index contributed by atoms with van der Waals surface area (Å²) in [5.74, 6) is -4.36. The fourth-order valence-electron chi connectivity index (χ4n) is 2.28. The van der Waals surface area contributed by atoms with Gasteiger partial charge < -0.3 is 10.4 Å². The van der Waals surface area contributed by atoms with E-state index in [-0.39, 0.29) is 11.6 Å². The van der Waals surface area contributed by atoms with E-state index in [1.807, 2.05) is 0 Å². The molecule has 1 aliphatic carbocycles. The van der Waals surface area contributed by atoms with Crippen LogP contribution in [0.2, 0.25) is 0 Å². The van der Waals surface area contributed by atoms with Gasteiger partial charge in [-0.25, -0.2) is 8.78 Å². The molecule has 1 aromatic rings. The summed E-state index contributed by atoms with van der Waals surface area (Å²) in [6.45, 7) is 0. The number of benzene rings is 1. The minimum absolute atomic E-state index is 0.309. The maximum atomic E-state index is 13.4. The number of carbonyl (C=O) groups is 2. The number of hydrogen-bond acceptors (Lipinski definition) is 2. The number of rotatable bonds is 3. The minimum Gasteiger partial charge on any atom is -0.481 e. The maximum absolute atomic E-state index is 13.4. The SMILES string of the molecule is O=C(N[C@H]1CC[C@@H](C(=O)O)C1)c1cccc(F)c1F. The number of aliphatic carboxylic acids is 1. The molecule has 0 unspecified atom stereocenters. The molecule has 1 amide bonds. The molecule has 1 saturated carbocycles. The minimum atomic E-state index is -1.19. The third-order valence-electron chi connectivity index (χ3n) is 3.31. The van der Waals surface area contributed by atoms with Crippen molar-refractivity contribution in [3.05, 3.63) is 35.4 Å². The van der Waals surface area contributed by atoms with Gasteiger partial charge in [-0.1, -0.05) is 6.07 Å². The molecular formula is C13H13F2NO3. The van der Waals surface area contributed by atoms with Crippen molar-refractivity contribution in [1.82, 2.24) is 5.32 Å². The van der Waals surface area contributed by atoms with Crippen molar-refractivity contribution < 1.29 is 23.5 Å². The van der Waals surface area contributed by atoms with Gasteiger partial charge in [-0.15, -0.1) is 0 Å². The number of carboxylic acid groups (broad SMARTS) is 1. The molecular weight excluding hydrogens is 256 g/mol. The van der Waals surface area contributed by atoms with Gasteiger partial charge in [-0.05, 0) is 31.4 Å². The molecule has 0 bridgehead atoms. The van der Waals surface area contributed by atoms with Gasteiger partial charge in [-0.3, -0.25) is 9.59 Å². The van der Waals surface area contributed by atoms with Crippen LogP contribution >= 0.6 is 0 Å². The second-order valence-corrected chi connectivity index (χ2v) is 4.62. The highest BCUT2D eigenvalue weighted by Crippen LogP contribution is 2.26. The second kappa shape index (κ2) is 5.34. The van der Waals surface area contributed by atoms with E-state index in [1.54, 1.807) is 0 Å². The highest BCUT2D eigenvalue weighted by molar-refractivity contribution is 5.94. The maximum Gasteiger partial charge on any atom is 0.306 e. The van der Waals surface area contributed by atoms with Crippen LogP contribution < -0.4 is 5.32 Å². The number of amides is 1. The van der Waals surface area contributed by atoms with Gasteiger partial charge in [-0.2, -0.15) is 0 Å². The van der Waals surface area contributed by atoms with Gasteiger partial charge in [0.05, 0.1) is 11.5 Å². The molecule has 2 N–H and O–H groups in total. The first-order valence-electron chi connectivity index (χ1n) is 5.96. The molecule has 0 radical (unpaired) electrons. The molecule has 1 aromatic carbocycles. The van der Waals surface area contributed by atoms with E-state index >= 15 is 0 Å². The van der Waals surface area contributed by atoms with Gasteiger partial charge in [0.1, 0.15) is 0 Å². The molecule has 2 rings (SSSR count). The van der Waals surface area contributed by atoms with Crippen molar-refractivity contribution >= 4 is 11.9 Å². The molecule has 6 heteroatoms. The zero-order valence-electron chi connectivity index (χ0n) is 10.0. The molecule has 0 aromatic heterocycles. The summed E-state index contributed by atoms with van der Waals surface area (Å²) in [5, 5.41) is 11.4. The van der Waals surface area contributed by atoms with Gasteiger partial charge in [0.15, 0.2) is 11.6 Å². The van der Waals surface area contributed by atoms with Crippen molar-refractivity contribution in [3.8, 4) is 0 Å². The van der Waals surface area contributed by atoms with Crippen LogP contribution in [0.4, 0.5) is 8.78 Å². The summed E-state index contributed by atoms with van der Waals surface area (Å²) in [6, 6.07) is 3.07. The average Bonchev–Trinajstić information content (AvgIpc) is 2.81. The number of carboxylic acids is 1. The summed E-state index contributed by atoms with van der Waals surface area (Å²) in [5.41, 5.74) is -0.362. The van der Waals surface area contributed by atoms with Crippen molar-refractivity contribution in [1.29, 1.82) is 0 Å². The molecule has 0 aliphatic heterocycles.